The first-order valence-corrected chi connectivity index (χ1v) is 5.93. The Bertz CT molecular complexity index is 392. The predicted molar refractivity (Wildman–Crippen MR) is 62.0 cm³/mol. The van der Waals surface area contributed by atoms with Crippen LogP contribution in [0.4, 0.5) is 0 Å². The number of methoxy groups -OCH3 is 1. The Morgan fingerprint density at radius 3 is 3.25 bits per heavy atom. The maximum atomic E-state index is 5.85. The van der Waals surface area contributed by atoms with Gasteiger partial charge in [0.15, 0.2) is 11.5 Å². The number of ether oxygens (including phenoxy) is 2. The number of hydrogen-bond acceptors (Lipinski definition) is 3. The molecule has 16 heavy (non-hydrogen) atoms. The van der Waals surface area contributed by atoms with Gasteiger partial charge in [0.25, 0.3) is 0 Å². The highest BCUT2D eigenvalue weighted by Crippen LogP contribution is 2.43. The average molecular weight is 219 g/mol. The smallest absolute Gasteiger partial charge is 0.165 e. The van der Waals surface area contributed by atoms with Gasteiger partial charge in [-0.05, 0) is 25.5 Å². The number of para-hydroxylation sites is 1. The molecule has 0 radical (unpaired) electrons. The molecule has 0 saturated carbocycles. The van der Waals surface area contributed by atoms with Crippen molar-refractivity contribution < 1.29 is 9.47 Å². The molecule has 1 fully saturated rings. The fourth-order valence-corrected chi connectivity index (χ4v) is 2.78. The van der Waals surface area contributed by atoms with E-state index in [0.29, 0.717) is 12.0 Å². The Morgan fingerprint density at radius 1 is 1.44 bits per heavy atom. The lowest BCUT2D eigenvalue weighted by Crippen LogP contribution is -2.39. The van der Waals surface area contributed by atoms with E-state index in [0.717, 1.165) is 24.7 Å². The van der Waals surface area contributed by atoms with Gasteiger partial charge in [-0.3, -0.25) is 0 Å². The van der Waals surface area contributed by atoms with Crippen molar-refractivity contribution in [3.8, 4) is 11.5 Å². The van der Waals surface area contributed by atoms with Crippen LogP contribution in [0.3, 0.4) is 0 Å². The van der Waals surface area contributed by atoms with Gasteiger partial charge in [-0.25, -0.2) is 0 Å². The second kappa shape index (κ2) is 3.98. The maximum absolute atomic E-state index is 5.85. The average Bonchev–Trinajstić information content (AvgIpc) is 2.37. The molecule has 2 heterocycles. The molecule has 2 aliphatic rings. The summed E-state index contributed by atoms with van der Waals surface area (Å²) in [6, 6.07) is 6.60. The van der Waals surface area contributed by atoms with Crippen molar-refractivity contribution in [1.29, 1.82) is 0 Å². The van der Waals surface area contributed by atoms with E-state index < -0.39 is 0 Å². The van der Waals surface area contributed by atoms with Crippen molar-refractivity contribution in [2.75, 3.05) is 20.3 Å². The Balaban J connectivity index is 2.01. The molecule has 3 heteroatoms. The number of rotatable bonds is 1. The molecule has 0 aromatic heterocycles. The molecule has 0 amide bonds. The summed E-state index contributed by atoms with van der Waals surface area (Å²) in [6.07, 6.45) is 2.51. The van der Waals surface area contributed by atoms with Crippen LogP contribution in [0.15, 0.2) is 18.2 Å². The standard InChI is InChI=1S/C13H17NO2/c1-15-11-6-2-5-10-12-9(4-3-7-14-12)8-16-13(10)11/h2,5-6,9,12,14H,3-4,7-8H2,1H3. The van der Waals surface area contributed by atoms with Crippen LogP contribution in [0.2, 0.25) is 0 Å². The molecule has 1 N–H and O–H groups in total. The summed E-state index contributed by atoms with van der Waals surface area (Å²) in [4.78, 5) is 0. The van der Waals surface area contributed by atoms with Gasteiger partial charge in [0.05, 0.1) is 13.7 Å². The van der Waals surface area contributed by atoms with E-state index in [1.54, 1.807) is 7.11 Å². The first-order chi connectivity index (χ1) is 7.90. The zero-order valence-electron chi connectivity index (χ0n) is 9.53. The first-order valence-electron chi connectivity index (χ1n) is 5.93. The molecule has 3 nitrogen and oxygen atoms in total. The summed E-state index contributed by atoms with van der Waals surface area (Å²) < 4.78 is 11.2. The number of fused-ring (bicyclic) bond motifs is 3. The SMILES string of the molecule is COc1cccc2c1OCC1CCCNC21. The van der Waals surface area contributed by atoms with Crippen LogP contribution in [0, 0.1) is 5.92 Å². The van der Waals surface area contributed by atoms with E-state index in [9.17, 15) is 0 Å². The van der Waals surface area contributed by atoms with Gasteiger partial charge in [0, 0.05) is 17.5 Å². The lowest BCUT2D eigenvalue weighted by molar-refractivity contribution is 0.142. The highest BCUT2D eigenvalue weighted by Gasteiger charge is 2.33. The normalized spacial score (nSPS) is 27.6. The third-order valence-electron chi connectivity index (χ3n) is 3.59. The molecule has 2 atom stereocenters. The Morgan fingerprint density at radius 2 is 2.38 bits per heavy atom. The van der Waals surface area contributed by atoms with Crippen LogP contribution in [-0.4, -0.2) is 20.3 Å². The molecule has 1 saturated heterocycles. The van der Waals surface area contributed by atoms with Crippen LogP contribution in [0.1, 0.15) is 24.4 Å². The molecule has 0 aliphatic carbocycles. The van der Waals surface area contributed by atoms with Crippen molar-refractivity contribution in [2.45, 2.75) is 18.9 Å². The molecular weight excluding hydrogens is 202 g/mol. The summed E-state index contributed by atoms with van der Waals surface area (Å²) >= 11 is 0. The largest absolute Gasteiger partial charge is 0.493 e. The summed E-state index contributed by atoms with van der Waals surface area (Å²) in [7, 11) is 1.69. The zero-order valence-corrected chi connectivity index (χ0v) is 9.53. The van der Waals surface area contributed by atoms with Gasteiger partial charge in [0.1, 0.15) is 0 Å². The minimum Gasteiger partial charge on any atom is -0.493 e. The molecule has 1 aromatic carbocycles. The first kappa shape index (κ1) is 9.97. The molecule has 2 aliphatic heterocycles. The fourth-order valence-electron chi connectivity index (χ4n) is 2.78. The monoisotopic (exact) mass is 219 g/mol. The molecule has 0 bridgehead atoms. The van der Waals surface area contributed by atoms with Crippen molar-refractivity contribution >= 4 is 0 Å². The summed E-state index contributed by atoms with van der Waals surface area (Å²) in [5, 5.41) is 3.59. The third-order valence-corrected chi connectivity index (χ3v) is 3.59. The second-order valence-electron chi connectivity index (χ2n) is 4.52. The van der Waals surface area contributed by atoms with Gasteiger partial charge in [-0.1, -0.05) is 12.1 Å². The van der Waals surface area contributed by atoms with E-state index in [2.05, 4.69) is 11.4 Å². The van der Waals surface area contributed by atoms with Gasteiger partial charge >= 0.3 is 0 Å². The van der Waals surface area contributed by atoms with Crippen LogP contribution < -0.4 is 14.8 Å². The minimum absolute atomic E-state index is 0.451. The van der Waals surface area contributed by atoms with Gasteiger partial charge in [-0.15, -0.1) is 0 Å². The van der Waals surface area contributed by atoms with E-state index in [-0.39, 0.29) is 0 Å². The zero-order chi connectivity index (χ0) is 11.0. The minimum atomic E-state index is 0.451. The molecule has 86 valence electrons. The number of piperidine rings is 1. The highest BCUT2D eigenvalue weighted by molar-refractivity contribution is 5.49. The summed E-state index contributed by atoms with van der Waals surface area (Å²) in [5.41, 5.74) is 1.26. The van der Waals surface area contributed by atoms with Gasteiger partial charge in [-0.2, -0.15) is 0 Å². The van der Waals surface area contributed by atoms with Crippen LogP contribution >= 0.6 is 0 Å². The van der Waals surface area contributed by atoms with Crippen molar-refractivity contribution in [1.82, 2.24) is 5.32 Å². The predicted octanol–water partition coefficient (Wildman–Crippen LogP) is 2.13. The van der Waals surface area contributed by atoms with Crippen molar-refractivity contribution in [3.05, 3.63) is 23.8 Å². The Kier molecular flexibility index (Phi) is 2.48. The Labute approximate surface area is 95.8 Å². The quantitative estimate of drug-likeness (QED) is 0.785. The molecular formula is C13H17NO2. The van der Waals surface area contributed by atoms with E-state index >= 15 is 0 Å². The number of nitrogens with one attached hydrogen (secondary N) is 1. The lowest BCUT2D eigenvalue weighted by Gasteiger charge is -2.38. The number of benzene rings is 1. The fraction of sp³-hybridized carbons (Fsp3) is 0.538. The molecule has 2 unspecified atom stereocenters. The van der Waals surface area contributed by atoms with Crippen LogP contribution in [-0.2, 0) is 0 Å². The summed E-state index contributed by atoms with van der Waals surface area (Å²) in [6.45, 7) is 1.92. The van der Waals surface area contributed by atoms with E-state index in [1.165, 1.54) is 18.4 Å². The maximum Gasteiger partial charge on any atom is 0.165 e. The van der Waals surface area contributed by atoms with E-state index in [4.69, 9.17) is 9.47 Å². The van der Waals surface area contributed by atoms with E-state index in [1.807, 2.05) is 12.1 Å². The number of hydrogen-bond donors (Lipinski definition) is 1. The lowest BCUT2D eigenvalue weighted by atomic mass is 9.84. The van der Waals surface area contributed by atoms with Crippen molar-refractivity contribution in [3.63, 3.8) is 0 Å². The molecule has 0 spiro atoms. The topological polar surface area (TPSA) is 30.5 Å². The van der Waals surface area contributed by atoms with Gasteiger partial charge in [0.2, 0.25) is 0 Å². The van der Waals surface area contributed by atoms with Crippen molar-refractivity contribution in [2.24, 2.45) is 5.92 Å². The molecule has 1 aromatic rings. The van der Waals surface area contributed by atoms with Crippen LogP contribution in [0.25, 0.3) is 0 Å². The Hall–Kier alpha value is -1.22. The van der Waals surface area contributed by atoms with Crippen LogP contribution in [0.5, 0.6) is 11.5 Å². The third kappa shape index (κ3) is 1.47. The highest BCUT2D eigenvalue weighted by atomic mass is 16.5. The van der Waals surface area contributed by atoms with Gasteiger partial charge < -0.3 is 14.8 Å². The second-order valence-corrected chi connectivity index (χ2v) is 4.52. The summed E-state index contributed by atoms with van der Waals surface area (Å²) in [5.74, 6) is 2.40. The molecule has 3 rings (SSSR count).